The molecule has 0 aliphatic carbocycles. The van der Waals surface area contributed by atoms with Crippen LogP contribution in [0.5, 0.6) is 5.75 Å². The Morgan fingerprint density at radius 2 is 2.05 bits per heavy atom. The first-order valence-electron chi connectivity index (χ1n) is 6.79. The van der Waals surface area contributed by atoms with Crippen LogP contribution in [0.2, 0.25) is 0 Å². The van der Waals surface area contributed by atoms with Gasteiger partial charge in [-0.2, -0.15) is 5.10 Å². The van der Waals surface area contributed by atoms with E-state index in [2.05, 4.69) is 10.4 Å². The van der Waals surface area contributed by atoms with E-state index in [1.54, 1.807) is 46.1 Å². The minimum Gasteiger partial charge on any atom is -0.506 e. The number of phenols is 1. The zero-order valence-electron chi connectivity index (χ0n) is 13.0. The molecule has 0 spiro atoms. The van der Waals surface area contributed by atoms with E-state index in [-0.39, 0.29) is 11.4 Å². The molecule has 0 aliphatic heterocycles. The molecule has 0 saturated heterocycles. The third-order valence-corrected chi connectivity index (χ3v) is 2.94. The second-order valence-electron chi connectivity index (χ2n) is 5.89. The number of carbonyl (C=O) groups is 1. The molecule has 0 bridgehead atoms. The van der Waals surface area contributed by atoms with Gasteiger partial charge < -0.3 is 15.6 Å². The van der Waals surface area contributed by atoms with Crippen LogP contribution in [0.15, 0.2) is 24.4 Å². The van der Waals surface area contributed by atoms with Crippen molar-refractivity contribution in [1.82, 2.24) is 9.78 Å². The Kier molecular flexibility index (Phi) is 3.99. The number of amides is 1. The fourth-order valence-electron chi connectivity index (χ4n) is 1.96. The van der Waals surface area contributed by atoms with E-state index in [0.717, 1.165) is 0 Å². The highest BCUT2D eigenvalue weighted by molar-refractivity contribution is 5.96. The van der Waals surface area contributed by atoms with Crippen molar-refractivity contribution < 1.29 is 14.6 Å². The molecule has 0 unspecified atom stereocenters. The summed E-state index contributed by atoms with van der Waals surface area (Å²) in [5.74, 6) is 0.351. The highest BCUT2D eigenvalue weighted by Crippen LogP contribution is 2.37. The lowest BCUT2D eigenvalue weighted by molar-refractivity contribution is 0.0635. The Balaban J connectivity index is 2.40. The largest absolute Gasteiger partial charge is 0.506 e. The third kappa shape index (κ3) is 3.30. The van der Waals surface area contributed by atoms with E-state index < -0.39 is 11.7 Å². The maximum Gasteiger partial charge on any atom is 0.412 e. The van der Waals surface area contributed by atoms with Gasteiger partial charge in [0.15, 0.2) is 0 Å². The van der Waals surface area contributed by atoms with Crippen LogP contribution in [0.25, 0.3) is 11.1 Å². The van der Waals surface area contributed by atoms with E-state index in [4.69, 9.17) is 10.5 Å². The summed E-state index contributed by atoms with van der Waals surface area (Å²) in [7, 11) is 1.71. The number of rotatable bonds is 2. The number of hydrogen-bond acceptors (Lipinski definition) is 5. The number of nitrogen functional groups attached to an aromatic ring is 1. The van der Waals surface area contributed by atoms with Crippen LogP contribution >= 0.6 is 0 Å². The number of nitrogens with one attached hydrogen (secondary N) is 1. The van der Waals surface area contributed by atoms with Crippen LogP contribution in [0.4, 0.5) is 16.3 Å². The molecule has 7 nitrogen and oxygen atoms in total. The first-order chi connectivity index (χ1) is 10.2. The third-order valence-electron chi connectivity index (χ3n) is 2.94. The average Bonchev–Trinajstić information content (AvgIpc) is 2.70. The number of para-hydroxylation sites is 1. The molecule has 0 radical (unpaired) electrons. The van der Waals surface area contributed by atoms with Crippen LogP contribution in [0.3, 0.4) is 0 Å². The smallest absolute Gasteiger partial charge is 0.412 e. The summed E-state index contributed by atoms with van der Waals surface area (Å²) in [6.07, 6.45) is 0.919. The molecule has 2 rings (SSSR count). The number of nitrogens with two attached hydrogens (primary N) is 1. The number of hydrogen-bond donors (Lipinski definition) is 3. The second kappa shape index (κ2) is 5.59. The summed E-state index contributed by atoms with van der Waals surface area (Å²) in [4.78, 5) is 12.0. The fourth-order valence-corrected chi connectivity index (χ4v) is 1.96. The Labute approximate surface area is 128 Å². The van der Waals surface area contributed by atoms with Crippen molar-refractivity contribution >= 4 is 17.6 Å². The Bertz CT molecular complexity index is 701. The van der Waals surface area contributed by atoms with Crippen molar-refractivity contribution in [3.63, 3.8) is 0 Å². The standard InChI is InChI=1S/C15H20N4O3/c1-15(2,3)22-14(21)18-12-9(6-5-7-11(12)20)10-8-17-19(4)13(10)16/h5-8,20H,16H2,1-4H3,(H,18,21). The molecule has 0 aliphatic rings. The molecule has 22 heavy (non-hydrogen) atoms. The minimum atomic E-state index is -0.655. The average molecular weight is 304 g/mol. The summed E-state index contributed by atoms with van der Waals surface area (Å²) in [5.41, 5.74) is 6.74. The Hall–Kier alpha value is -2.70. The lowest BCUT2D eigenvalue weighted by Crippen LogP contribution is -2.27. The Morgan fingerprint density at radius 3 is 2.59 bits per heavy atom. The molecule has 1 aromatic carbocycles. The molecule has 118 valence electrons. The van der Waals surface area contributed by atoms with Crippen molar-refractivity contribution in [2.45, 2.75) is 26.4 Å². The summed E-state index contributed by atoms with van der Waals surface area (Å²) in [5, 5.41) is 16.7. The van der Waals surface area contributed by atoms with Crippen molar-refractivity contribution in [2.75, 3.05) is 11.1 Å². The summed E-state index contributed by atoms with van der Waals surface area (Å²) in [6.45, 7) is 5.28. The van der Waals surface area contributed by atoms with Gasteiger partial charge in [0.05, 0.1) is 11.9 Å². The SMILES string of the molecule is Cn1ncc(-c2cccc(O)c2NC(=O)OC(C)(C)C)c1N. The second-order valence-corrected chi connectivity index (χ2v) is 5.89. The van der Waals surface area contributed by atoms with Gasteiger partial charge in [-0.25, -0.2) is 4.79 Å². The summed E-state index contributed by atoms with van der Waals surface area (Å²) in [6, 6.07) is 4.87. The predicted octanol–water partition coefficient (Wildman–Crippen LogP) is 2.72. The number of phenolic OH excluding ortho intramolecular Hbond substituents is 1. The zero-order chi connectivity index (χ0) is 16.5. The molecular weight excluding hydrogens is 284 g/mol. The molecule has 1 heterocycles. The summed E-state index contributed by atoms with van der Waals surface area (Å²) >= 11 is 0. The topological polar surface area (TPSA) is 102 Å². The van der Waals surface area contributed by atoms with Crippen LogP contribution in [-0.4, -0.2) is 26.6 Å². The van der Waals surface area contributed by atoms with Crippen molar-refractivity contribution in [1.29, 1.82) is 0 Å². The van der Waals surface area contributed by atoms with Crippen LogP contribution in [-0.2, 0) is 11.8 Å². The maximum absolute atomic E-state index is 12.0. The lowest BCUT2D eigenvalue weighted by Gasteiger charge is -2.20. The van der Waals surface area contributed by atoms with E-state index in [9.17, 15) is 9.90 Å². The van der Waals surface area contributed by atoms with Gasteiger partial charge in [-0.1, -0.05) is 12.1 Å². The fraction of sp³-hybridized carbons (Fsp3) is 0.333. The number of benzene rings is 1. The monoisotopic (exact) mass is 304 g/mol. The molecule has 0 atom stereocenters. The van der Waals surface area contributed by atoms with Gasteiger partial charge in [0.25, 0.3) is 0 Å². The van der Waals surface area contributed by atoms with E-state index in [0.29, 0.717) is 16.9 Å². The van der Waals surface area contributed by atoms with Gasteiger partial charge in [0.1, 0.15) is 17.2 Å². The first-order valence-corrected chi connectivity index (χ1v) is 6.79. The maximum atomic E-state index is 12.0. The highest BCUT2D eigenvalue weighted by Gasteiger charge is 2.20. The molecule has 1 amide bonds. The van der Waals surface area contributed by atoms with Gasteiger partial charge in [-0.3, -0.25) is 10.00 Å². The molecule has 7 heteroatoms. The van der Waals surface area contributed by atoms with Crippen molar-refractivity contribution in [3.05, 3.63) is 24.4 Å². The number of nitrogens with zero attached hydrogens (tertiary/aromatic N) is 2. The van der Waals surface area contributed by atoms with Crippen LogP contribution < -0.4 is 11.1 Å². The van der Waals surface area contributed by atoms with Gasteiger partial charge in [0, 0.05) is 18.2 Å². The van der Waals surface area contributed by atoms with E-state index in [1.165, 1.54) is 10.7 Å². The number of aromatic nitrogens is 2. The number of carbonyl (C=O) groups excluding carboxylic acids is 1. The summed E-state index contributed by atoms with van der Waals surface area (Å²) < 4.78 is 6.72. The lowest BCUT2D eigenvalue weighted by atomic mass is 10.1. The molecule has 0 fully saturated rings. The normalized spacial score (nSPS) is 11.3. The first kappa shape index (κ1) is 15.7. The molecule has 1 aromatic heterocycles. The minimum absolute atomic E-state index is 0.0772. The molecular formula is C15H20N4O3. The van der Waals surface area contributed by atoms with Crippen molar-refractivity contribution in [2.24, 2.45) is 7.05 Å². The van der Waals surface area contributed by atoms with Gasteiger partial charge >= 0.3 is 6.09 Å². The predicted molar refractivity (Wildman–Crippen MR) is 84.6 cm³/mol. The van der Waals surface area contributed by atoms with E-state index in [1.807, 2.05) is 0 Å². The molecule has 2 aromatic rings. The molecule has 4 N–H and O–H groups in total. The highest BCUT2D eigenvalue weighted by atomic mass is 16.6. The van der Waals surface area contributed by atoms with Crippen LogP contribution in [0.1, 0.15) is 20.8 Å². The Morgan fingerprint density at radius 1 is 1.36 bits per heavy atom. The van der Waals surface area contributed by atoms with Crippen LogP contribution in [0, 0.1) is 0 Å². The van der Waals surface area contributed by atoms with Gasteiger partial charge in [-0.05, 0) is 26.8 Å². The number of ether oxygens (including phenoxy) is 1. The molecule has 0 saturated carbocycles. The number of aryl methyl sites for hydroxylation is 1. The van der Waals surface area contributed by atoms with Gasteiger partial charge in [-0.15, -0.1) is 0 Å². The number of aromatic hydroxyl groups is 1. The van der Waals surface area contributed by atoms with E-state index >= 15 is 0 Å². The van der Waals surface area contributed by atoms with Crippen molar-refractivity contribution in [3.8, 4) is 16.9 Å². The number of anilines is 2. The zero-order valence-corrected chi connectivity index (χ0v) is 13.0. The quantitative estimate of drug-likeness (QED) is 0.740. The van der Waals surface area contributed by atoms with Gasteiger partial charge in [0.2, 0.25) is 0 Å².